The normalized spacial score (nSPS) is 30.4. The Morgan fingerprint density at radius 2 is 0.685 bits per heavy atom. The quantitative estimate of drug-likeness (QED) is 0.0492. The van der Waals surface area contributed by atoms with Crippen molar-refractivity contribution in [1.29, 1.82) is 0 Å². The number of fused-ring (bicyclic) bond motifs is 22. The van der Waals surface area contributed by atoms with E-state index in [4.69, 9.17) is 28.4 Å². The van der Waals surface area contributed by atoms with Crippen molar-refractivity contribution >= 4 is 69.2 Å². The molecule has 4 aromatic carbocycles. The van der Waals surface area contributed by atoms with Crippen LogP contribution in [0, 0.1) is 80.5 Å². The fraction of sp³-hybridized carbons (Fsp3) is 0.602. The summed E-state index contributed by atoms with van der Waals surface area (Å²) in [6, 6.07) is 11.0. The Labute approximate surface area is 643 Å². The van der Waals surface area contributed by atoms with Crippen LogP contribution >= 0.6 is 15.9 Å². The second-order valence-electron chi connectivity index (χ2n) is 33.3. The van der Waals surface area contributed by atoms with E-state index in [-0.39, 0.29) is 187 Å². The lowest BCUT2D eigenvalue weighted by molar-refractivity contribution is -0.147. The standard InChI is InChI=1S/C83H113BrN8O16/c1-42-22-54-34-55(23-42)74(95)86-63-36-67(51(10)31-47(63)6)90-78(99)59-27-45(4)29-61-72(59)107-20-17-104-40-83(15,41-105-18-21-108-81(102)82(13,14)84)39-103-16-19-106-71-58(77(98)89-66-35-62(85-73(54)94)46(5)30-50(66)9)26-44(3)28-60(71)79(100)91-68-37-64(48(7)32-52(68)11)87-75(96)56-24-43(2)25-57(70(56)93)76(97)88-65-38-69(92-80(61)101)53(12)33-49(65)8/h22-29,34,46-53,62-69,93H,16-21,30-33,35-41H2,1-15H3,(H,85,94)(H,86,95)(H,87,96)(H,88,97)(H,89,98)(H,90,99)(H,91,100)(H,92,101). The SMILES string of the molecule is Cc1cc2cc(c1)C(=O)NC1CC(NC(=O)c3cc(C)cc4c3OCCOCC(C)(COCCOC(=O)C(C)(C)Br)COCCOc3c(cc(C)cc3C(=O)NC3CC(NC(=O)c5cc(C)cc(c5O)C(=O)NC5CC(NC4=O)C(C)CC5C)C(C)CC3C)C(=O)NC3CC(NC2=O)C(C)CC3C)C(C)CC1C. The molecule has 6 aliphatic rings. The van der Waals surface area contributed by atoms with Crippen LogP contribution in [0.25, 0.3) is 0 Å². The van der Waals surface area contributed by atoms with Gasteiger partial charge >= 0.3 is 5.97 Å². The van der Waals surface area contributed by atoms with Gasteiger partial charge in [-0.2, -0.15) is 0 Å². The molecule has 4 aliphatic carbocycles. The van der Waals surface area contributed by atoms with E-state index in [0.717, 1.165) is 0 Å². The third kappa shape index (κ3) is 20.3. The molecule has 588 valence electrons. The number of benzene rings is 4. The summed E-state index contributed by atoms with van der Waals surface area (Å²) in [5.41, 5.74) is 2.23. The maximum Gasteiger partial charge on any atom is 0.322 e. The Hall–Kier alpha value is -8.13. The maximum absolute atomic E-state index is 15.3. The van der Waals surface area contributed by atoms with E-state index >= 15 is 19.2 Å². The van der Waals surface area contributed by atoms with Crippen molar-refractivity contribution in [3.63, 3.8) is 0 Å². The van der Waals surface area contributed by atoms with Crippen molar-refractivity contribution < 1.29 is 76.7 Å². The average molecular weight is 1560 g/mol. The van der Waals surface area contributed by atoms with Gasteiger partial charge in [0, 0.05) is 64.9 Å². The molecule has 4 aromatic rings. The van der Waals surface area contributed by atoms with Crippen LogP contribution in [0.1, 0.15) is 233 Å². The van der Waals surface area contributed by atoms with Gasteiger partial charge in [0.1, 0.15) is 41.4 Å². The van der Waals surface area contributed by atoms with Crippen LogP contribution in [0.3, 0.4) is 0 Å². The van der Waals surface area contributed by atoms with Crippen LogP contribution < -0.4 is 52.0 Å². The Bertz CT molecular complexity index is 3800. The van der Waals surface area contributed by atoms with E-state index in [0.29, 0.717) is 60.8 Å². The predicted molar refractivity (Wildman–Crippen MR) is 412 cm³/mol. The fourth-order valence-electron chi connectivity index (χ4n) is 16.8. The third-order valence-corrected chi connectivity index (χ3v) is 23.4. The number of halogens is 1. The highest BCUT2D eigenvalue weighted by Crippen LogP contribution is 2.38. The minimum atomic E-state index is -0.918. The molecule has 4 saturated carbocycles. The molecule has 0 spiro atoms. The van der Waals surface area contributed by atoms with Gasteiger partial charge < -0.3 is 76.1 Å². The number of alkyl halides is 1. The van der Waals surface area contributed by atoms with E-state index in [1.54, 1.807) is 77.1 Å². The molecule has 9 N–H and O–H groups in total. The number of amides is 8. The lowest BCUT2D eigenvalue weighted by atomic mass is 9.76. The first kappa shape index (κ1) is 82.4. The van der Waals surface area contributed by atoms with Crippen molar-refractivity contribution in [2.75, 3.05) is 59.5 Å². The number of phenols is 1. The number of rotatable bonds is 6. The van der Waals surface area contributed by atoms with Crippen LogP contribution in [-0.2, 0) is 23.7 Å². The summed E-state index contributed by atoms with van der Waals surface area (Å²) < 4.78 is 36.9. The zero-order chi connectivity index (χ0) is 78.4. The summed E-state index contributed by atoms with van der Waals surface area (Å²) in [7, 11) is 0. The highest BCUT2D eigenvalue weighted by molar-refractivity contribution is 9.10. The average Bonchev–Trinajstić information content (AvgIpc) is 0.793. The molecule has 10 rings (SSSR count). The number of nitrogens with one attached hydrogen (secondary N) is 8. The molecular formula is C83H113BrN8O16. The third-order valence-electron chi connectivity index (χ3n) is 23.1. The van der Waals surface area contributed by atoms with E-state index < -0.39 is 105 Å². The van der Waals surface area contributed by atoms with Crippen molar-refractivity contribution in [2.45, 2.75) is 208 Å². The first-order valence-corrected chi connectivity index (χ1v) is 39.4. The molecule has 24 nitrogen and oxygen atoms in total. The minimum absolute atomic E-state index is 0.00118. The van der Waals surface area contributed by atoms with E-state index in [1.165, 1.54) is 12.1 Å². The number of hydrogen-bond acceptors (Lipinski definition) is 16. The van der Waals surface area contributed by atoms with Gasteiger partial charge in [-0.05, 0) is 217 Å². The van der Waals surface area contributed by atoms with Crippen LogP contribution in [-0.4, -0.2) is 170 Å². The van der Waals surface area contributed by atoms with Gasteiger partial charge in [0.2, 0.25) is 0 Å². The molecule has 108 heavy (non-hydrogen) atoms. The predicted octanol–water partition coefficient (Wildman–Crippen LogP) is 10.3. The highest BCUT2D eigenvalue weighted by Gasteiger charge is 2.42. The van der Waals surface area contributed by atoms with Crippen molar-refractivity contribution in [2.24, 2.45) is 52.8 Å². The second kappa shape index (κ2) is 35.3. The Morgan fingerprint density at radius 3 is 0.981 bits per heavy atom. The summed E-state index contributed by atoms with van der Waals surface area (Å²) in [4.78, 5) is 132. The maximum atomic E-state index is 15.3. The highest BCUT2D eigenvalue weighted by atomic mass is 79.9. The summed E-state index contributed by atoms with van der Waals surface area (Å²) >= 11 is 3.35. The zero-order valence-corrected chi connectivity index (χ0v) is 67.0. The molecule has 0 saturated heterocycles. The van der Waals surface area contributed by atoms with Crippen LogP contribution in [0.2, 0.25) is 0 Å². The molecule has 16 unspecified atom stereocenters. The molecule has 14 bridgehead atoms. The van der Waals surface area contributed by atoms with Gasteiger partial charge in [-0.15, -0.1) is 0 Å². The topological polar surface area (TPSA) is 325 Å². The molecular weight excluding hydrogens is 1440 g/mol. The minimum Gasteiger partial charge on any atom is -0.506 e. The van der Waals surface area contributed by atoms with Gasteiger partial charge in [-0.3, -0.25) is 43.2 Å². The summed E-state index contributed by atoms with van der Waals surface area (Å²) in [5, 5.41) is 37.9. The number of aromatic hydroxyl groups is 1. The van der Waals surface area contributed by atoms with E-state index in [1.807, 2.05) is 41.5 Å². The molecule has 2 heterocycles. The van der Waals surface area contributed by atoms with Crippen LogP contribution in [0.15, 0.2) is 54.6 Å². The molecule has 8 amide bonds. The molecule has 0 radical (unpaired) electrons. The van der Waals surface area contributed by atoms with Crippen molar-refractivity contribution in [3.8, 4) is 17.2 Å². The number of esters is 1. The monoisotopic (exact) mass is 1560 g/mol. The number of ether oxygens (including phenoxy) is 6. The number of aryl methyl sites for hydroxylation is 4. The van der Waals surface area contributed by atoms with Crippen molar-refractivity contribution in [1.82, 2.24) is 42.5 Å². The Kier molecular flexibility index (Phi) is 26.9. The van der Waals surface area contributed by atoms with Crippen LogP contribution in [0.5, 0.6) is 17.2 Å². The molecule has 0 aromatic heterocycles. The van der Waals surface area contributed by atoms with E-state index in [2.05, 4.69) is 86.2 Å². The summed E-state index contributed by atoms with van der Waals surface area (Å²) in [6.45, 7) is 28.4. The van der Waals surface area contributed by atoms with Gasteiger partial charge in [0.15, 0.2) is 0 Å². The van der Waals surface area contributed by atoms with Crippen LogP contribution in [0.4, 0.5) is 0 Å². The molecule has 16 atom stereocenters. The fourth-order valence-corrected chi connectivity index (χ4v) is 16.9. The Balaban J connectivity index is 1.06. The molecule has 2 aliphatic heterocycles. The van der Waals surface area contributed by atoms with Gasteiger partial charge in [0.05, 0.1) is 73.0 Å². The Morgan fingerprint density at radius 1 is 0.417 bits per heavy atom. The molecule has 4 fully saturated rings. The first-order chi connectivity index (χ1) is 51.0. The van der Waals surface area contributed by atoms with Crippen molar-refractivity contribution in [3.05, 3.63) is 121 Å². The van der Waals surface area contributed by atoms with Gasteiger partial charge in [-0.1, -0.05) is 78.2 Å². The summed E-state index contributed by atoms with van der Waals surface area (Å²) in [6.07, 6.45) is 3.73. The smallest absolute Gasteiger partial charge is 0.322 e. The lowest BCUT2D eigenvalue weighted by Crippen LogP contribution is -2.53. The van der Waals surface area contributed by atoms with Gasteiger partial charge in [-0.25, -0.2) is 0 Å². The number of carbonyl (C=O) groups excluding carboxylic acids is 9. The molecule has 25 heteroatoms. The number of hydrogen-bond donors (Lipinski definition) is 9. The largest absolute Gasteiger partial charge is 0.506 e. The van der Waals surface area contributed by atoms with Gasteiger partial charge in [0.25, 0.3) is 47.3 Å². The second-order valence-corrected chi connectivity index (χ2v) is 35.3. The number of carbonyl (C=O) groups is 9. The number of phenolic OH excluding ortho intramolecular Hbond substituents is 1. The summed E-state index contributed by atoms with van der Waals surface area (Å²) in [5.74, 6) is -5.54. The zero-order valence-electron chi connectivity index (χ0n) is 65.4. The lowest BCUT2D eigenvalue weighted by Gasteiger charge is -2.40. The van der Waals surface area contributed by atoms with E-state index in [9.17, 15) is 29.1 Å². The first-order valence-electron chi connectivity index (χ1n) is 38.6.